The van der Waals surface area contributed by atoms with Crippen LogP contribution in [-0.4, -0.2) is 56.5 Å². The summed E-state index contributed by atoms with van der Waals surface area (Å²) in [5.74, 6) is 0.973. The lowest BCUT2D eigenvalue weighted by Gasteiger charge is -2.19. The molecular formula is C14H22N2O2. The summed E-state index contributed by atoms with van der Waals surface area (Å²) in [5, 5.41) is 0. The normalized spacial score (nSPS) is 10.5. The molecule has 0 aromatic heterocycles. The smallest absolute Gasteiger partial charge is 0.236 e. The minimum absolute atomic E-state index is 0.104. The highest BCUT2D eigenvalue weighted by molar-refractivity contribution is 5.77. The van der Waals surface area contributed by atoms with Crippen LogP contribution in [0.5, 0.6) is 5.75 Å². The summed E-state index contributed by atoms with van der Waals surface area (Å²) in [6.45, 7) is 3.78. The van der Waals surface area contributed by atoms with Gasteiger partial charge in [0.05, 0.1) is 6.54 Å². The molecule has 1 aromatic carbocycles. The van der Waals surface area contributed by atoms with Crippen molar-refractivity contribution in [1.29, 1.82) is 0 Å². The van der Waals surface area contributed by atoms with E-state index in [1.807, 2.05) is 43.1 Å². The Labute approximate surface area is 109 Å². The molecule has 1 rings (SSSR count). The molecule has 4 nitrogen and oxygen atoms in total. The van der Waals surface area contributed by atoms with Crippen LogP contribution in [0.1, 0.15) is 5.56 Å². The fourth-order valence-corrected chi connectivity index (χ4v) is 1.41. The quantitative estimate of drug-likeness (QED) is 0.765. The van der Waals surface area contributed by atoms with E-state index in [2.05, 4.69) is 0 Å². The van der Waals surface area contributed by atoms with E-state index in [0.29, 0.717) is 13.2 Å². The van der Waals surface area contributed by atoms with Crippen molar-refractivity contribution in [3.63, 3.8) is 0 Å². The van der Waals surface area contributed by atoms with Crippen molar-refractivity contribution in [2.45, 2.75) is 6.92 Å². The van der Waals surface area contributed by atoms with Gasteiger partial charge >= 0.3 is 0 Å². The number of benzene rings is 1. The van der Waals surface area contributed by atoms with Gasteiger partial charge in [0.25, 0.3) is 0 Å². The molecule has 0 unspecified atom stereocenters. The van der Waals surface area contributed by atoms with Crippen molar-refractivity contribution < 1.29 is 9.53 Å². The lowest BCUT2D eigenvalue weighted by atomic mass is 10.2. The highest BCUT2D eigenvalue weighted by Crippen LogP contribution is 2.10. The number of rotatable bonds is 6. The minimum Gasteiger partial charge on any atom is -0.492 e. The molecule has 4 heteroatoms. The topological polar surface area (TPSA) is 32.8 Å². The lowest BCUT2D eigenvalue weighted by Crippen LogP contribution is -2.36. The first kappa shape index (κ1) is 14.5. The maximum absolute atomic E-state index is 11.5. The first-order chi connectivity index (χ1) is 8.49. The first-order valence-electron chi connectivity index (χ1n) is 6.07. The molecule has 0 bridgehead atoms. The lowest BCUT2D eigenvalue weighted by molar-refractivity contribution is -0.129. The Bertz CT molecular complexity index is 374. The molecule has 0 saturated heterocycles. The monoisotopic (exact) mass is 250 g/mol. The Morgan fingerprint density at radius 3 is 2.33 bits per heavy atom. The Balaban J connectivity index is 2.25. The predicted molar refractivity (Wildman–Crippen MR) is 72.9 cm³/mol. The van der Waals surface area contributed by atoms with Crippen molar-refractivity contribution >= 4 is 5.91 Å². The number of aryl methyl sites for hydroxylation is 1. The van der Waals surface area contributed by atoms with Gasteiger partial charge in [-0.1, -0.05) is 17.7 Å². The Kier molecular flexibility index (Phi) is 5.65. The molecule has 0 aliphatic heterocycles. The summed E-state index contributed by atoms with van der Waals surface area (Å²) >= 11 is 0. The standard InChI is InChI=1S/C14H22N2O2/c1-12-5-7-13(8-6-12)18-10-9-16(4)11-14(17)15(2)3/h5-8H,9-11H2,1-4H3. The second kappa shape index (κ2) is 7.01. The molecular weight excluding hydrogens is 228 g/mol. The maximum atomic E-state index is 11.5. The number of amides is 1. The summed E-state index contributed by atoms with van der Waals surface area (Å²) in [7, 11) is 5.44. The van der Waals surface area contributed by atoms with Gasteiger partial charge in [0.1, 0.15) is 12.4 Å². The zero-order valence-corrected chi connectivity index (χ0v) is 11.6. The Hall–Kier alpha value is -1.55. The van der Waals surface area contributed by atoms with Gasteiger partial charge in [-0.3, -0.25) is 9.69 Å². The molecule has 1 aromatic rings. The van der Waals surface area contributed by atoms with Gasteiger partial charge in [-0.2, -0.15) is 0 Å². The van der Waals surface area contributed by atoms with Crippen LogP contribution in [0, 0.1) is 6.92 Å². The number of hydrogen-bond donors (Lipinski definition) is 0. The summed E-state index contributed by atoms with van der Waals surface area (Å²) in [4.78, 5) is 15.0. The van der Waals surface area contributed by atoms with E-state index >= 15 is 0 Å². The van der Waals surface area contributed by atoms with Crippen LogP contribution in [0.15, 0.2) is 24.3 Å². The molecule has 0 fully saturated rings. The molecule has 0 aliphatic carbocycles. The number of carbonyl (C=O) groups is 1. The largest absolute Gasteiger partial charge is 0.492 e. The number of ether oxygens (including phenoxy) is 1. The third-order valence-electron chi connectivity index (χ3n) is 2.67. The molecule has 1 amide bonds. The van der Waals surface area contributed by atoms with Gasteiger partial charge < -0.3 is 9.64 Å². The average Bonchev–Trinajstić information content (AvgIpc) is 2.31. The van der Waals surface area contributed by atoms with E-state index in [9.17, 15) is 4.79 Å². The van der Waals surface area contributed by atoms with Gasteiger partial charge in [-0.25, -0.2) is 0 Å². The first-order valence-corrected chi connectivity index (χ1v) is 6.07. The highest BCUT2D eigenvalue weighted by Gasteiger charge is 2.07. The molecule has 0 spiro atoms. The molecule has 0 aliphatic rings. The van der Waals surface area contributed by atoms with Crippen molar-refractivity contribution in [2.24, 2.45) is 0 Å². The maximum Gasteiger partial charge on any atom is 0.236 e. The third-order valence-corrected chi connectivity index (χ3v) is 2.67. The zero-order chi connectivity index (χ0) is 13.5. The van der Waals surface area contributed by atoms with Gasteiger partial charge in [0.15, 0.2) is 0 Å². The fraction of sp³-hybridized carbons (Fsp3) is 0.500. The average molecular weight is 250 g/mol. The van der Waals surface area contributed by atoms with E-state index in [0.717, 1.165) is 12.3 Å². The van der Waals surface area contributed by atoms with Crippen LogP contribution in [0.2, 0.25) is 0 Å². The van der Waals surface area contributed by atoms with Crippen molar-refractivity contribution in [3.8, 4) is 5.75 Å². The zero-order valence-electron chi connectivity index (χ0n) is 11.6. The highest BCUT2D eigenvalue weighted by atomic mass is 16.5. The molecule has 0 saturated carbocycles. The number of hydrogen-bond acceptors (Lipinski definition) is 3. The summed E-state index contributed by atoms with van der Waals surface area (Å²) in [6.07, 6.45) is 0. The van der Waals surface area contributed by atoms with Crippen LogP contribution < -0.4 is 4.74 Å². The van der Waals surface area contributed by atoms with Crippen LogP contribution >= 0.6 is 0 Å². The van der Waals surface area contributed by atoms with Crippen molar-refractivity contribution in [2.75, 3.05) is 40.8 Å². The second-order valence-corrected chi connectivity index (χ2v) is 4.69. The predicted octanol–water partition coefficient (Wildman–Crippen LogP) is 1.39. The van der Waals surface area contributed by atoms with Gasteiger partial charge in [-0.05, 0) is 26.1 Å². The molecule has 18 heavy (non-hydrogen) atoms. The van der Waals surface area contributed by atoms with E-state index in [1.165, 1.54) is 5.56 Å². The Morgan fingerprint density at radius 1 is 1.17 bits per heavy atom. The molecule has 0 atom stereocenters. The molecule has 100 valence electrons. The third kappa shape index (κ3) is 5.19. The van der Waals surface area contributed by atoms with E-state index in [1.54, 1.807) is 19.0 Å². The van der Waals surface area contributed by atoms with E-state index in [-0.39, 0.29) is 5.91 Å². The molecule has 0 radical (unpaired) electrons. The summed E-state index contributed by atoms with van der Waals surface area (Å²) < 4.78 is 5.61. The van der Waals surface area contributed by atoms with Crippen molar-refractivity contribution in [1.82, 2.24) is 9.80 Å². The molecule has 0 heterocycles. The van der Waals surface area contributed by atoms with Gasteiger partial charge in [0.2, 0.25) is 5.91 Å². The van der Waals surface area contributed by atoms with Crippen LogP contribution in [-0.2, 0) is 4.79 Å². The summed E-state index contributed by atoms with van der Waals surface area (Å²) in [6, 6.07) is 7.96. The van der Waals surface area contributed by atoms with E-state index in [4.69, 9.17) is 4.74 Å². The number of nitrogens with zero attached hydrogens (tertiary/aromatic N) is 2. The van der Waals surface area contributed by atoms with Gasteiger partial charge in [-0.15, -0.1) is 0 Å². The fourth-order valence-electron chi connectivity index (χ4n) is 1.41. The van der Waals surface area contributed by atoms with Crippen LogP contribution in [0.4, 0.5) is 0 Å². The van der Waals surface area contributed by atoms with Crippen molar-refractivity contribution in [3.05, 3.63) is 29.8 Å². The Morgan fingerprint density at radius 2 is 1.78 bits per heavy atom. The van der Waals surface area contributed by atoms with Crippen LogP contribution in [0.3, 0.4) is 0 Å². The van der Waals surface area contributed by atoms with Crippen LogP contribution in [0.25, 0.3) is 0 Å². The number of likely N-dealkylation sites (N-methyl/N-ethyl adjacent to an activating group) is 2. The number of carbonyl (C=O) groups excluding carboxylic acids is 1. The minimum atomic E-state index is 0.104. The summed E-state index contributed by atoms with van der Waals surface area (Å²) in [5.41, 5.74) is 1.22. The van der Waals surface area contributed by atoms with Gasteiger partial charge in [0, 0.05) is 20.6 Å². The molecule has 0 N–H and O–H groups in total. The SMILES string of the molecule is Cc1ccc(OCCN(C)CC(=O)N(C)C)cc1. The second-order valence-electron chi connectivity index (χ2n) is 4.69. The van der Waals surface area contributed by atoms with E-state index < -0.39 is 0 Å².